The minimum Gasteiger partial charge on any atom is -0.378 e. The summed E-state index contributed by atoms with van der Waals surface area (Å²) in [5, 5.41) is 2.61. The zero-order valence-corrected chi connectivity index (χ0v) is 16.1. The molecule has 0 unspecified atom stereocenters. The Labute approximate surface area is 161 Å². The third-order valence-electron chi connectivity index (χ3n) is 4.21. The summed E-state index contributed by atoms with van der Waals surface area (Å²) >= 11 is 0.904. The van der Waals surface area contributed by atoms with Crippen molar-refractivity contribution < 1.29 is 14.0 Å². The van der Waals surface area contributed by atoms with Crippen LogP contribution in [0.4, 0.5) is 20.6 Å². The molecule has 0 spiro atoms. The van der Waals surface area contributed by atoms with E-state index >= 15 is 0 Å². The molecule has 27 heavy (non-hydrogen) atoms. The van der Waals surface area contributed by atoms with Crippen LogP contribution in [0.25, 0.3) is 6.08 Å². The molecule has 0 bridgehead atoms. The lowest BCUT2D eigenvalue weighted by atomic mass is 10.2. The largest absolute Gasteiger partial charge is 0.378 e. The maximum absolute atomic E-state index is 13.4. The Hall–Kier alpha value is -2.80. The Morgan fingerprint density at radius 3 is 2.52 bits per heavy atom. The number of halogens is 1. The molecule has 1 fully saturated rings. The fraction of sp³-hybridized carbons (Fsp3) is 0.200. The summed E-state index contributed by atoms with van der Waals surface area (Å²) in [4.78, 5) is 28.2. The van der Waals surface area contributed by atoms with Gasteiger partial charge in [-0.15, -0.1) is 0 Å². The highest BCUT2D eigenvalue weighted by atomic mass is 32.2. The molecule has 1 aliphatic rings. The van der Waals surface area contributed by atoms with E-state index in [1.165, 1.54) is 12.1 Å². The van der Waals surface area contributed by atoms with Crippen LogP contribution in [-0.4, -0.2) is 36.8 Å². The molecule has 1 saturated heterocycles. The van der Waals surface area contributed by atoms with E-state index in [1.807, 2.05) is 50.2 Å². The van der Waals surface area contributed by atoms with Gasteiger partial charge in [0.1, 0.15) is 5.82 Å². The smallest absolute Gasteiger partial charge is 0.295 e. The maximum atomic E-state index is 13.4. The minimum atomic E-state index is -0.377. The van der Waals surface area contributed by atoms with Gasteiger partial charge < -0.3 is 10.2 Å². The van der Waals surface area contributed by atoms with E-state index < -0.39 is 0 Å². The highest BCUT2D eigenvalue weighted by Gasteiger charge is 2.34. The average molecular weight is 385 g/mol. The van der Waals surface area contributed by atoms with E-state index in [0.717, 1.165) is 33.5 Å². The van der Waals surface area contributed by atoms with Crippen molar-refractivity contribution >= 4 is 40.4 Å². The van der Waals surface area contributed by atoms with Crippen LogP contribution in [0.5, 0.6) is 0 Å². The van der Waals surface area contributed by atoms with Gasteiger partial charge in [0.25, 0.3) is 11.1 Å². The van der Waals surface area contributed by atoms with Gasteiger partial charge in [-0.25, -0.2) is 4.39 Å². The van der Waals surface area contributed by atoms with Crippen LogP contribution >= 0.6 is 11.8 Å². The highest BCUT2D eigenvalue weighted by Crippen LogP contribution is 2.32. The molecule has 0 atom stereocenters. The van der Waals surface area contributed by atoms with Crippen LogP contribution in [0.2, 0.25) is 0 Å². The number of rotatable bonds is 5. The molecule has 2 amide bonds. The van der Waals surface area contributed by atoms with Crippen molar-refractivity contribution in [3.05, 3.63) is 64.3 Å². The maximum Gasteiger partial charge on any atom is 0.295 e. The Morgan fingerprint density at radius 2 is 1.85 bits per heavy atom. The second-order valence-electron chi connectivity index (χ2n) is 6.39. The summed E-state index contributed by atoms with van der Waals surface area (Å²) in [6.07, 6.45) is 1.71. The molecule has 0 aliphatic carbocycles. The van der Waals surface area contributed by atoms with Gasteiger partial charge in [0.05, 0.1) is 11.6 Å². The van der Waals surface area contributed by atoms with Crippen molar-refractivity contribution in [2.75, 3.05) is 31.0 Å². The topological polar surface area (TPSA) is 52.7 Å². The fourth-order valence-electron chi connectivity index (χ4n) is 2.61. The zero-order chi connectivity index (χ0) is 19.6. The van der Waals surface area contributed by atoms with E-state index in [4.69, 9.17) is 0 Å². The van der Waals surface area contributed by atoms with Gasteiger partial charge in [-0.1, -0.05) is 18.2 Å². The zero-order valence-electron chi connectivity index (χ0n) is 15.3. The van der Waals surface area contributed by atoms with Gasteiger partial charge in [-0.3, -0.25) is 14.5 Å². The molecular weight excluding hydrogens is 365 g/mol. The number of imide groups is 1. The Bertz CT molecular complexity index is 910. The second-order valence-corrected chi connectivity index (χ2v) is 7.38. The Balaban J connectivity index is 1.71. The number of nitrogens with zero attached hydrogens (tertiary/aromatic N) is 2. The average Bonchev–Trinajstić information content (AvgIpc) is 2.89. The first-order valence-electron chi connectivity index (χ1n) is 8.38. The van der Waals surface area contributed by atoms with Crippen LogP contribution in [0.3, 0.4) is 0 Å². The van der Waals surface area contributed by atoms with Crippen LogP contribution in [0.15, 0.2) is 47.4 Å². The SMILES string of the molecule is Cc1ccc(F)cc1NCN1C(=O)S/C(=C/c2ccc(N(C)C)cc2)C1=O. The Morgan fingerprint density at radius 1 is 1.15 bits per heavy atom. The Kier molecular flexibility index (Phi) is 5.51. The molecule has 1 heterocycles. The number of thioether (sulfide) groups is 1. The van der Waals surface area contributed by atoms with Crippen LogP contribution < -0.4 is 10.2 Å². The number of benzene rings is 2. The molecule has 2 aromatic carbocycles. The number of amides is 2. The molecular formula is C20H20FN3O2S. The van der Waals surface area contributed by atoms with Gasteiger partial charge in [0, 0.05) is 25.5 Å². The standard InChI is InChI=1S/C20H20FN3O2S/c1-13-4-7-15(21)11-17(13)22-12-24-19(25)18(27-20(24)26)10-14-5-8-16(9-6-14)23(2)3/h4-11,22H,12H2,1-3H3/b18-10+. The van der Waals surface area contributed by atoms with Gasteiger partial charge in [-0.2, -0.15) is 0 Å². The van der Waals surface area contributed by atoms with Crippen LogP contribution in [-0.2, 0) is 4.79 Å². The molecule has 7 heteroatoms. The van der Waals surface area contributed by atoms with Crippen molar-refractivity contribution in [2.45, 2.75) is 6.92 Å². The van der Waals surface area contributed by atoms with E-state index in [-0.39, 0.29) is 23.6 Å². The third-order valence-corrected chi connectivity index (χ3v) is 5.12. The second kappa shape index (κ2) is 7.84. The summed E-state index contributed by atoms with van der Waals surface area (Å²) in [7, 11) is 3.90. The summed E-state index contributed by atoms with van der Waals surface area (Å²) in [6.45, 7) is 1.82. The molecule has 1 N–H and O–H groups in total. The van der Waals surface area contributed by atoms with Crippen LogP contribution in [0, 0.1) is 12.7 Å². The van der Waals surface area contributed by atoms with Gasteiger partial charge >= 0.3 is 0 Å². The first-order chi connectivity index (χ1) is 12.8. The minimum absolute atomic E-state index is 0.00807. The molecule has 3 rings (SSSR count). The highest BCUT2D eigenvalue weighted by molar-refractivity contribution is 8.18. The number of hydrogen-bond donors (Lipinski definition) is 1. The van der Waals surface area contributed by atoms with E-state index in [1.54, 1.807) is 12.1 Å². The third kappa shape index (κ3) is 4.31. The molecule has 140 valence electrons. The van der Waals surface area contributed by atoms with Gasteiger partial charge in [-0.05, 0) is 60.2 Å². The van der Waals surface area contributed by atoms with Crippen molar-refractivity contribution in [3.63, 3.8) is 0 Å². The van der Waals surface area contributed by atoms with Gasteiger partial charge in [0.15, 0.2) is 0 Å². The van der Waals surface area contributed by atoms with Gasteiger partial charge in [0.2, 0.25) is 0 Å². The number of hydrogen-bond acceptors (Lipinski definition) is 5. The summed E-state index contributed by atoms with van der Waals surface area (Å²) in [6, 6.07) is 12.0. The van der Waals surface area contributed by atoms with Crippen LogP contribution in [0.1, 0.15) is 11.1 Å². The first-order valence-corrected chi connectivity index (χ1v) is 9.19. The predicted octanol–water partition coefficient (Wildman–Crippen LogP) is 4.31. The van der Waals surface area contributed by atoms with Crippen molar-refractivity contribution in [1.29, 1.82) is 0 Å². The normalized spacial score (nSPS) is 15.6. The van der Waals surface area contributed by atoms with Crippen molar-refractivity contribution in [2.24, 2.45) is 0 Å². The molecule has 0 saturated carbocycles. The summed E-state index contributed by atoms with van der Waals surface area (Å²) in [5.74, 6) is -0.735. The molecule has 0 radical (unpaired) electrons. The monoisotopic (exact) mass is 385 g/mol. The summed E-state index contributed by atoms with van der Waals surface area (Å²) < 4.78 is 13.4. The number of aryl methyl sites for hydroxylation is 1. The lowest BCUT2D eigenvalue weighted by Crippen LogP contribution is -2.33. The molecule has 2 aromatic rings. The van der Waals surface area contributed by atoms with Crippen molar-refractivity contribution in [3.8, 4) is 0 Å². The van der Waals surface area contributed by atoms with E-state index in [2.05, 4.69) is 5.32 Å². The molecule has 1 aliphatic heterocycles. The van der Waals surface area contributed by atoms with E-state index in [9.17, 15) is 14.0 Å². The number of anilines is 2. The fourth-order valence-corrected chi connectivity index (χ4v) is 3.44. The predicted molar refractivity (Wildman–Crippen MR) is 108 cm³/mol. The number of carbonyl (C=O) groups excluding carboxylic acids is 2. The lowest BCUT2D eigenvalue weighted by Gasteiger charge is -2.16. The molecule has 5 nitrogen and oxygen atoms in total. The quantitative estimate of drug-likeness (QED) is 0.778. The van der Waals surface area contributed by atoms with E-state index in [0.29, 0.717) is 10.6 Å². The number of nitrogens with one attached hydrogen (secondary N) is 1. The first kappa shape index (κ1) is 19.0. The summed E-state index contributed by atoms with van der Waals surface area (Å²) in [5.41, 5.74) is 3.28. The van der Waals surface area contributed by atoms with Crippen molar-refractivity contribution in [1.82, 2.24) is 4.90 Å². The lowest BCUT2D eigenvalue weighted by molar-refractivity contribution is -0.122. The molecule has 0 aromatic heterocycles. The number of carbonyl (C=O) groups is 2.